The standard InChI is InChI=1S/C27H27NO6/c1-17(2)33-25-15-22(11-12-24(25)32-3)34-21-10-6-9-19(13-21)26(29)28-16-20-8-5-4-7-18(20)14-23(28)27(30)31/h4-13,15,17,23H,14,16H2,1-3H3,(H,30,31)/t23-/m0/s1. The molecule has 3 aromatic carbocycles. The molecule has 1 N–H and O–H groups in total. The number of carbonyl (C=O) groups excluding carboxylic acids is 1. The molecule has 3 aromatic rings. The van der Waals surface area contributed by atoms with Gasteiger partial charge in [0.05, 0.1) is 13.2 Å². The Morgan fingerprint density at radius 3 is 2.38 bits per heavy atom. The minimum atomic E-state index is -1.02. The lowest BCUT2D eigenvalue weighted by Gasteiger charge is -2.34. The molecule has 1 aliphatic heterocycles. The second-order valence-electron chi connectivity index (χ2n) is 8.37. The van der Waals surface area contributed by atoms with E-state index in [1.54, 1.807) is 49.6 Å². The normalized spacial score (nSPS) is 14.9. The predicted molar refractivity (Wildman–Crippen MR) is 127 cm³/mol. The largest absolute Gasteiger partial charge is 0.493 e. The Morgan fingerprint density at radius 2 is 1.68 bits per heavy atom. The van der Waals surface area contributed by atoms with Crippen LogP contribution in [0.2, 0.25) is 0 Å². The summed E-state index contributed by atoms with van der Waals surface area (Å²) in [6, 6.07) is 18.7. The van der Waals surface area contributed by atoms with Crippen LogP contribution in [0.25, 0.3) is 0 Å². The van der Waals surface area contributed by atoms with E-state index in [1.807, 2.05) is 38.1 Å². The fourth-order valence-corrected chi connectivity index (χ4v) is 4.02. The maximum atomic E-state index is 13.4. The van der Waals surface area contributed by atoms with Gasteiger partial charge < -0.3 is 24.2 Å². The van der Waals surface area contributed by atoms with E-state index in [9.17, 15) is 14.7 Å². The summed E-state index contributed by atoms with van der Waals surface area (Å²) in [5.74, 6) is 0.748. The maximum absolute atomic E-state index is 13.4. The van der Waals surface area contributed by atoms with E-state index in [2.05, 4.69) is 0 Å². The average Bonchev–Trinajstić information content (AvgIpc) is 2.82. The minimum absolute atomic E-state index is 0.0399. The van der Waals surface area contributed by atoms with Gasteiger partial charge in [0.15, 0.2) is 11.5 Å². The lowest BCUT2D eigenvalue weighted by Crippen LogP contribution is -2.48. The Hall–Kier alpha value is -4.00. The van der Waals surface area contributed by atoms with Gasteiger partial charge in [0.25, 0.3) is 5.91 Å². The van der Waals surface area contributed by atoms with E-state index < -0.39 is 12.0 Å². The van der Waals surface area contributed by atoms with E-state index in [-0.39, 0.29) is 25.0 Å². The third kappa shape index (κ3) is 4.98. The molecule has 0 radical (unpaired) electrons. The molecular formula is C27H27NO6. The Labute approximate surface area is 198 Å². The summed E-state index contributed by atoms with van der Waals surface area (Å²) in [5.41, 5.74) is 2.27. The van der Waals surface area contributed by atoms with Crippen molar-refractivity contribution in [3.05, 3.63) is 83.4 Å². The van der Waals surface area contributed by atoms with Gasteiger partial charge in [-0.15, -0.1) is 0 Å². The monoisotopic (exact) mass is 461 g/mol. The number of benzene rings is 3. The fourth-order valence-electron chi connectivity index (χ4n) is 4.02. The molecule has 0 aliphatic carbocycles. The van der Waals surface area contributed by atoms with Crippen molar-refractivity contribution in [2.75, 3.05) is 7.11 Å². The van der Waals surface area contributed by atoms with Gasteiger partial charge in [0.1, 0.15) is 17.5 Å². The summed E-state index contributed by atoms with van der Waals surface area (Å²) >= 11 is 0. The van der Waals surface area contributed by atoms with E-state index >= 15 is 0 Å². The predicted octanol–water partition coefficient (Wildman–Crippen LogP) is 4.93. The molecule has 176 valence electrons. The summed E-state index contributed by atoms with van der Waals surface area (Å²) in [6.45, 7) is 4.09. The summed E-state index contributed by atoms with van der Waals surface area (Å²) in [6.07, 6.45) is 0.236. The summed E-state index contributed by atoms with van der Waals surface area (Å²) < 4.78 is 17.1. The molecule has 1 heterocycles. The fraction of sp³-hybridized carbons (Fsp3) is 0.259. The summed E-state index contributed by atoms with van der Waals surface area (Å²) in [4.78, 5) is 26.7. The molecule has 0 saturated carbocycles. The minimum Gasteiger partial charge on any atom is -0.493 e. The number of carbonyl (C=O) groups is 2. The van der Waals surface area contributed by atoms with Gasteiger partial charge in [-0.3, -0.25) is 4.79 Å². The number of hydrogen-bond acceptors (Lipinski definition) is 5. The molecule has 34 heavy (non-hydrogen) atoms. The highest BCUT2D eigenvalue weighted by atomic mass is 16.5. The highest BCUT2D eigenvalue weighted by molar-refractivity contribution is 5.97. The van der Waals surface area contributed by atoms with E-state index in [0.717, 1.165) is 11.1 Å². The van der Waals surface area contributed by atoms with Gasteiger partial charge in [-0.25, -0.2) is 4.79 Å². The lowest BCUT2D eigenvalue weighted by molar-refractivity contribution is -0.142. The van der Waals surface area contributed by atoms with Crippen molar-refractivity contribution >= 4 is 11.9 Å². The average molecular weight is 462 g/mol. The number of hydrogen-bond donors (Lipinski definition) is 1. The molecule has 0 bridgehead atoms. The Balaban J connectivity index is 1.58. The van der Waals surface area contributed by atoms with Crippen molar-refractivity contribution in [3.8, 4) is 23.0 Å². The van der Waals surface area contributed by atoms with Crippen LogP contribution >= 0.6 is 0 Å². The van der Waals surface area contributed by atoms with Crippen LogP contribution in [0, 0.1) is 0 Å². The molecular weight excluding hydrogens is 434 g/mol. The molecule has 7 nitrogen and oxygen atoms in total. The zero-order valence-corrected chi connectivity index (χ0v) is 19.4. The van der Waals surface area contributed by atoms with E-state index in [0.29, 0.717) is 28.6 Å². The summed E-state index contributed by atoms with van der Waals surface area (Å²) in [5, 5.41) is 9.77. The first-order valence-corrected chi connectivity index (χ1v) is 11.1. The Kier molecular flexibility index (Phi) is 6.72. The molecule has 0 unspecified atom stereocenters. The topological polar surface area (TPSA) is 85.3 Å². The van der Waals surface area contributed by atoms with Crippen LogP contribution in [0.4, 0.5) is 0 Å². The number of fused-ring (bicyclic) bond motifs is 1. The van der Waals surface area contributed by atoms with Crippen LogP contribution in [0.15, 0.2) is 66.7 Å². The van der Waals surface area contributed by atoms with Gasteiger partial charge >= 0.3 is 5.97 Å². The number of carboxylic acid groups (broad SMARTS) is 1. The van der Waals surface area contributed by atoms with Crippen LogP contribution in [-0.2, 0) is 17.8 Å². The Morgan fingerprint density at radius 1 is 0.941 bits per heavy atom. The van der Waals surface area contributed by atoms with Crippen LogP contribution < -0.4 is 14.2 Å². The van der Waals surface area contributed by atoms with Crippen molar-refractivity contribution < 1.29 is 28.9 Å². The number of methoxy groups -OCH3 is 1. The molecule has 1 aliphatic rings. The van der Waals surface area contributed by atoms with Crippen LogP contribution in [0.1, 0.15) is 35.3 Å². The third-order valence-electron chi connectivity index (χ3n) is 5.61. The number of nitrogens with zero attached hydrogens (tertiary/aromatic N) is 1. The number of aliphatic carboxylic acids is 1. The van der Waals surface area contributed by atoms with Crippen LogP contribution in [0.3, 0.4) is 0 Å². The van der Waals surface area contributed by atoms with Gasteiger partial charge in [-0.2, -0.15) is 0 Å². The van der Waals surface area contributed by atoms with Gasteiger partial charge in [-0.1, -0.05) is 30.3 Å². The lowest BCUT2D eigenvalue weighted by atomic mass is 9.93. The van der Waals surface area contributed by atoms with Crippen molar-refractivity contribution in [1.29, 1.82) is 0 Å². The first kappa shape index (κ1) is 23.2. The van der Waals surface area contributed by atoms with Gasteiger partial charge in [0.2, 0.25) is 0 Å². The van der Waals surface area contributed by atoms with Crippen molar-refractivity contribution in [2.24, 2.45) is 0 Å². The number of rotatable bonds is 7. The van der Waals surface area contributed by atoms with Gasteiger partial charge in [-0.05, 0) is 55.3 Å². The SMILES string of the molecule is COc1ccc(Oc2cccc(C(=O)N3Cc4ccccc4C[C@H]3C(=O)O)c2)cc1OC(C)C. The second kappa shape index (κ2) is 9.87. The maximum Gasteiger partial charge on any atom is 0.326 e. The first-order chi connectivity index (χ1) is 16.4. The number of carboxylic acids is 1. The highest BCUT2D eigenvalue weighted by Gasteiger charge is 2.35. The van der Waals surface area contributed by atoms with Gasteiger partial charge in [0, 0.05) is 24.6 Å². The molecule has 7 heteroatoms. The molecule has 1 atom stereocenters. The quantitative estimate of drug-likeness (QED) is 0.537. The molecule has 1 amide bonds. The van der Waals surface area contributed by atoms with E-state index in [4.69, 9.17) is 14.2 Å². The second-order valence-corrected chi connectivity index (χ2v) is 8.37. The third-order valence-corrected chi connectivity index (χ3v) is 5.61. The molecule has 4 rings (SSSR count). The van der Waals surface area contributed by atoms with Crippen LogP contribution in [0.5, 0.6) is 23.0 Å². The highest BCUT2D eigenvalue weighted by Crippen LogP contribution is 2.34. The molecule has 0 fully saturated rings. The van der Waals surface area contributed by atoms with E-state index in [1.165, 1.54) is 4.90 Å². The van der Waals surface area contributed by atoms with Crippen molar-refractivity contribution in [2.45, 2.75) is 39.0 Å². The smallest absolute Gasteiger partial charge is 0.326 e. The zero-order valence-electron chi connectivity index (χ0n) is 19.4. The Bertz CT molecular complexity index is 1210. The molecule has 0 saturated heterocycles. The zero-order chi connectivity index (χ0) is 24.2. The summed E-state index contributed by atoms with van der Waals surface area (Å²) in [7, 11) is 1.57. The molecule has 0 spiro atoms. The molecule has 0 aromatic heterocycles. The number of ether oxygens (including phenoxy) is 3. The first-order valence-electron chi connectivity index (χ1n) is 11.1. The van der Waals surface area contributed by atoms with Crippen molar-refractivity contribution in [3.63, 3.8) is 0 Å². The van der Waals surface area contributed by atoms with Crippen molar-refractivity contribution in [1.82, 2.24) is 4.90 Å². The number of amides is 1. The van der Waals surface area contributed by atoms with Crippen LogP contribution in [-0.4, -0.2) is 41.1 Å².